The average molecular weight is 724 g/mol. The Morgan fingerprint density at radius 2 is 0.873 bits per heavy atom. The van der Waals surface area contributed by atoms with Crippen LogP contribution in [0.3, 0.4) is 0 Å². The largest absolute Gasteiger partial charge is 0.310 e. The fourth-order valence-electron chi connectivity index (χ4n) is 7.44. The van der Waals surface area contributed by atoms with Gasteiger partial charge in [0.2, 0.25) is 0 Å². The summed E-state index contributed by atoms with van der Waals surface area (Å²) in [4.78, 5) is 56.3. The van der Waals surface area contributed by atoms with Gasteiger partial charge in [-0.1, -0.05) is 99.6 Å². The molecule has 7 heteroatoms. The summed E-state index contributed by atoms with van der Waals surface area (Å²) >= 11 is 0. The Kier molecular flexibility index (Phi) is 8.41. The zero-order valence-electron chi connectivity index (χ0n) is 31.8. The van der Waals surface area contributed by atoms with Crippen LogP contribution in [0.5, 0.6) is 0 Å². The van der Waals surface area contributed by atoms with E-state index < -0.39 is 27.8 Å². The smallest absolute Gasteiger partial charge is 0.266 e. The highest BCUT2D eigenvalue weighted by Gasteiger charge is 2.25. The minimum absolute atomic E-state index is 0.0179. The van der Waals surface area contributed by atoms with Crippen LogP contribution >= 0.6 is 0 Å². The molecule has 6 aromatic carbocycles. The lowest BCUT2D eigenvalue weighted by Crippen LogP contribution is -2.38. The molecule has 0 aliphatic heterocycles. The fraction of sp³-hybridized carbons (Fsp3) is 0.167. The summed E-state index contributed by atoms with van der Waals surface area (Å²) < 4.78 is 2.29. The van der Waals surface area contributed by atoms with E-state index in [0.717, 1.165) is 38.3 Å². The highest BCUT2D eigenvalue weighted by atomic mass is 16.2. The monoisotopic (exact) mass is 723 g/mol. The number of hydrogen-bond acceptors (Lipinski definition) is 5. The molecule has 0 bridgehead atoms. The summed E-state index contributed by atoms with van der Waals surface area (Å²) in [5.74, 6) is 0. The second-order valence-corrected chi connectivity index (χ2v) is 16.1. The van der Waals surface area contributed by atoms with E-state index in [1.165, 1.54) is 27.8 Å². The molecule has 2 heterocycles. The van der Waals surface area contributed by atoms with E-state index in [9.17, 15) is 19.2 Å². The molecule has 0 amide bonds. The SMILES string of the molecule is CC(C)(C)c1ccc(N(c2ccc(-n3c(=O)c4cc5c(=O)n(C(C)(C)C)c(=O)c5cc4c3=O)cc2)c2cccc(-c3ccc(-c4ccccc4)cc3)c2)cc1. The predicted octanol–water partition coefficient (Wildman–Crippen LogP) is 9.76. The van der Waals surface area contributed by atoms with Crippen molar-refractivity contribution in [2.45, 2.75) is 52.5 Å². The Labute approximate surface area is 318 Å². The van der Waals surface area contributed by atoms with Gasteiger partial charge in [-0.05, 0) is 115 Å². The van der Waals surface area contributed by atoms with Crippen molar-refractivity contribution >= 4 is 38.6 Å². The lowest BCUT2D eigenvalue weighted by atomic mass is 9.87. The van der Waals surface area contributed by atoms with Crippen LogP contribution in [0.1, 0.15) is 47.1 Å². The first-order valence-electron chi connectivity index (χ1n) is 18.4. The second-order valence-electron chi connectivity index (χ2n) is 16.1. The van der Waals surface area contributed by atoms with Crippen molar-refractivity contribution in [1.82, 2.24) is 9.13 Å². The summed E-state index contributed by atoms with van der Waals surface area (Å²) in [5, 5.41) is 0.497. The molecule has 0 aliphatic carbocycles. The molecule has 0 aliphatic rings. The summed E-state index contributed by atoms with van der Waals surface area (Å²) in [6.45, 7) is 11.9. The minimum atomic E-state index is -0.753. The topological polar surface area (TPSA) is 81.4 Å². The van der Waals surface area contributed by atoms with Crippen LogP contribution in [-0.4, -0.2) is 9.13 Å². The van der Waals surface area contributed by atoms with E-state index in [-0.39, 0.29) is 27.0 Å². The van der Waals surface area contributed by atoms with Crippen LogP contribution in [0.15, 0.2) is 159 Å². The van der Waals surface area contributed by atoms with Gasteiger partial charge in [-0.25, -0.2) is 4.57 Å². The number of anilines is 3. The zero-order valence-corrected chi connectivity index (χ0v) is 31.8. The van der Waals surface area contributed by atoms with Gasteiger partial charge in [0.25, 0.3) is 22.2 Å². The number of fused-ring (bicyclic) bond motifs is 2. The van der Waals surface area contributed by atoms with E-state index in [4.69, 9.17) is 0 Å². The Bertz CT molecular complexity index is 2860. The van der Waals surface area contributed by atoms with Crippen LogP contribution in [0.2, 0.25) is 0 Å². The number of benzene rings is 6. The highest BCUT2D eigenvalue weighted by Crippen LogP contribution is 2.38. The number of rotatable bonds is 6. The first-order valence-corrected chi connectivity index (χ1v) is 18.4. The first-order chi connectivity index (χ1) is 26.2. The first kappa shape index (κ1) is 35.4. The van der Waals surface area contributed by atoms with Gasteiger partial charge in [-0.15, -0.1) is 0 Å². The molecule has 7 nitrogen and oxygen atoms in total. The molecular weight excluding hydrogens is 683 g/mol. The van der Waals surface area contributed by atoms with Gasteiger partial charge in [-0.2, -0.15) is 0 Å². The fourth-order valence-corrected chi connectivity index (χ4v) is 7.44. The number of aromatic nitrogens is 2. The maximum atomic E-state index is 13.8. The van der Waals surface area contributed by atoms with Crippen molar-refractivity contribution in [2.24, 2.45) is 0 Å². The molecule has 0 atom stereocenters. The van der Waals surface area contributed by atoms with Gasteiger partial charge in [0, 0.05) is 22.6 Å². The molecule has 0 unspecified atom stereocenters. The van der Waals surface area contributed by atoms with Crippen molar-refractivity contribution in [1.29, 1.82) is 0 Å². The zero-order chi connectivity index (χ0) is 38.8. The molecule has 0 N–H and O–H groups in total. The third-order valence-corrected chi connectivity index (χ3v) is 10.3. The van der Waals surface area contributed by atoms with E-state index in [2.05, 4.69) is 105 Å². The van der Waals surface area contributed by atoms with E-state index in [1.54, 1.807) is 32.9 Å². The molecular formula is C48H41N3O4. The van der Waals surface area contributed by atoms with Crippen LogP contribution in [-0.2, 0) is 11.0 Å². The van der Waals surface area contributed by atoms with Crippen LogP contribution in [0.25, 0.3) is 49.5 Å². The summed E-state index contributed by atoms with van der Waals surface area (Å²) in [5.41, 5.74) is 6.00. The van der Waals surface area contributed by atoms with Crippen LogP contribution in [0.4, 0.5) is 17.1 Å². The number of nitrogens with zero attached hydrogens (tertiary/aromatic N) is 3. The Balaban J connectivity index is 1.20. The van der Waals surface area contributed by atoms with E-state index >= 15 is 0 Å². The Morgan fingerprint density at radius 1 is 0.418 bits per heavy atom. The van der Waals surface area contributed by atoms with Crippen molar-refractivity contribution < 1.29 is 0 Å². The summed E-state index contributed by atoms with van der Waals surface area (Å²) in [6.07, 6.45) is 0. The third-order valence-electron chi connectivity index (χ3n) is 10.3. The summed E-state index contributed by atoms with van der Waals surface area (Å²) in [6, 6.07) is 45.9. The van der Waals surface area contributed by atoms with E-state index in [1.807, 2.05) is 36.4 Å². The van der Waals surface area contributed by atoms with Crippen LogP contribution < -0.4 is 27.1 Å². The molecule has 0 spiro atoms. The molecule has 0 fully saturated rings. The normalized spacial score (nSPS) is 12.1. The lowest BCUT2D eigenvalue weighted by molar-refractivity contribution is 0.380. The molecule has 55 heavy (non-hydrogen) atoms. The second kappa shape index (κ2) is 13.1. The molecule has 0 radical (unpaired) electrons. The van der Waals surface area contributed by atoms with E-state index in [0.29, 0.717) is 5.69 Å². The third kappa shape index (κ3) is 6.21. The lowest BCUT2D eigenvalue weighted by Gasteiger charge is -2.27. The van der Waals surface area contributed by atoms with Gasteiger partial charge in [0.15, 0.2) is 0 Å². The Morgan fingerprint density at radius 3 is 1.38 bits per heavy atom. The van der Waals surface area contributed by atoms with Crippen LogP contribution in [0, 0.1) is 0 Å². The molecule has 8 aromatic rings. The quantitative estimate of drug-likeness (QED) is 0.171. The Hall–Kier alpha value is -6.60. The van der Waals surface area contributed by atoms with Gasteiger partial charge in [-0.3, -0.25) is 23.7 Å². The van der Waals surface area contributed by atoms with Crippen molar-refractivity contribution in [3.05, 3.63) is 187 Å². The molecule has 272 valence electrons. The summed E-state index contributed by atoms with van der Waals surface area (Å²) in [7, 11) is 0. The molecule has 0 saturated heterocycles. The predicted molar refractivity (Wildman–Crippen MR) is 225 cm³/mol. The molecule has 8 rings (SSSR count). The molecule has 2 aromatic heterocycles. The van der Waals surface area contributed by atoms with Gasteiger partial charge in [0.1, 0.15) is 0 Å². The highest BCUT2D eigenvalue weighted by molar-refractivity contribution is 5.98. The van der Waals surface area contributed by atoms with Crippen molar-refractivity contribution in [3.8, 4) is 27.9 Å². The average Bonchev–Trinajstić information content (AvgIpc) is 3.58. The van der Waals surface area contributed by atoms with Gasteiger partial charge in [0.05, 0.1) is 27.2 Å². The standard InChI is InChI=1S/C48H41N3O4/c1-47(2,3)34-19-21-35(22-20-34)49(38-14-10-13-33(27-38)32-17-15-31(16-18-32)30-11-8-7-9-12-30)36-23-25-37(26-24-36)50-43(52)39-28-41-42(29-40(39)44(50)53)46(55)51(45(41)54)48(4,5)6/h7-29H,1-6H3. The number of hydrogen-bond donors (Lipinski definition) is 0. The van der Waals surface area contributed by atoms with Crippen molar-refractivity contribution in [2.75, 3.05) is 4.90 Å². The van der Waals surface area contributed by atoms with Crippen molar-refractivity contribution in [3.63, 3.8) is 0 Å². The maximum Gasteiger partial charge on any atom is 0.266 e. The molecule has 0 saturated carbocycles. The maximum absolute atomic E-state index is 13.8. The minimum Gasteiger partial charge on any atom is -0.310 e. The van der Waals surface area contributed by atoms with Gasteiger partial charge < -0.3 is 4.90 Å². The van der Waals surface area contributed by atoms with Gasteiger partial charge >= 0.3 is 0 Å².